The molecule has 3 N–H and O–H groups in total. The molecule has 1 aromatic carbocycles. The number of carbonyl (C=O) groups excluding carboxylic acids is 2. The van der Waals surface area contributed by atoms with Gasteiger partial charge in [0, 0.05) is 48.6 Å². The third-order valence-electron chi connectivity index (χ3n) is 8.76. The number of alkyl halides is 3. The number of morpholine rings is 1. The fourth-order valence-electron chi connectivity index (χ4n) is 5.89. The lowest BCUT2D eigenvalue weighted by atomic mass is 9.93. The van der Waals surface area contributed by atoms with Crippen LogP contribution < -0.4 is 15.2 Å². The van der Waals surface area contributed by atoms with Crippen molar-refractivity contribution in [1.82, 2.24) is 29.3 Å². The zero-order valence-electron chi connectivity index (χ0n) is 28.4. The summed E-state index contributed by atoms with van der Waals surface area (Å²) >= 11 is 5.14. The number of aliphatic carboxylic acids is 1. The zero-order chi connectivity index (χ0) is 37.6. The number of hydrogen-bond acceptors (Lipinski definition) is 13. The van der Waals surface area contributed by atoms with Gasteiger partial charge in [0.05, 0.1) is 19.1 Å². The van der Waals surface area contributed by atoms with E-state index in [1.165, 1.54) is 18.1 Å². The van der Waals surface area contributed by atoms with E-state index in [1.54, 1.807) is 6.92 Å². The minimum Gasteiger partial charge on any atom is -0.475 e. The van der Waals surface area contributed by atoms with Gasteiger partial charge in [-0.3, -0.25) is 14.5 Å². The number of anilines is 1. The summed E-state index contributed by atoms with van der Waals surface area (Å²) in [6.45, 7) is 9.21. The molecule has 20 heteroatoms. The number of imidazole rings is 1. The van der Waals surface area contributed by atoms with Gasteiger partial charge < -0.3 is 39.3 Å². The van der Waals surface area contributed by atoms with Gasteiger partial charge >= 0.3 is 18.1 Å². The molecule has 3 aliphatic rings. The van der Waals surface area contributed by atoms with Gasteiger partial charge in [0.1, 0.15) is 6.33 Å². The highest BCUT2D eigenvalue weighted by Gasteiger charge is 2.38. The Kier molecular flexibility index (Phi) is 13.1. The van der Waals surface area contributed by atoms with Gasteiger partial charge in [0.2, 0.25) is 6.79 Å². The van der Waals surface area contributed by atoms with E-state index in [4.69, 9.17) is 39.6 Å². The maximum atomic E-state index is 13.2. The molecule has 2 atom stereocenters. The number of nitrogens with zero attached hydrogens (tertiary/aromatic N) is 6. The normalized spacial score (nSPS) is 17.7. The number of fused-ring (bicyclic) bond motifs is 2. The van der Waals surface area contributed by atoms with Crippen LogP contribution in [0.1, 0.15) is 33.1 Å². The van der Waals surface area contributed by atoms with Gasteiger partial charge in [-0.2, -0.15) is 13.2 Å². The summed E-state index contributed by atoms with van der Waals surface area (Å²) in [5, 5.41) is 7.88. The van der Waals surface area contributed by atoms with Crippen molar-refractivity contribution in [3.63, 3.8) is 0 Å². The van der Waals surface area contributed by atoms with E-state index < -0.39 is 18.2 Å². The number of nitrogens with two attached hydrogens (primary N) is 1. The lowest BCUT2D eigenvalue weighted by Gasteiger charge is -2.34. The molecule has 0 radical (unpaired) electrons. The number of carbonyl (C=O) groups is 3. The standard InChI is InChI=1S/C30H38BrN7O6S.C2HF3O2/c1-18(15-36-9-11-41-12-10-36)29(40)44-19(2)28(39)37-6-3-20(4-7-37)5-8-38-27-25(26(32)33-16-34-27)35-30(38)45-24-14-23-22(13-21(24)31)42-17-43-23;3-2(4,5)1(6)7/h13-14,16,18-20H,3-12,15,17H2,1-2H3,(H2,32,33,34);(H,6,7)/t18-,19-;/m0./s1. The summed E-state index contributed by atoms with van der Waals surface area (Å²) < 4.78 is 56.8. The molecule has 3 aliphatic heterocycles. The van der Waals surface area contributed by atoms with Crippen LogP contribution in [0.25, 0.3) is 11.2 Å². The minimum atomic E-state index is -5.08. The highest BCUT2D eigenvalue weighted by atomic mass is 79.9. The molecular weight excluding hydrogens is 779 g/mol. The van der Waals surface area contributed by atoms with Crippen LogP contribution in [-0.2, 0) is 30.4 Å². The second-order valence-corrected chi connectivity index (χ2v) is 14.3. The Hall–Kier alpha value is -3.88. The molecule has 3 aromatic rings. The number of hydrogen-bond donors (Lipinski definition) is 2. The number of rotatable bonds is 10. The summed E-state index contributed by atoms with van der Waals surface area (Å²) in [4.78, 5) is 53.1. The number of piperidine rings is 1. The third-order valence-corrected chi connectivity index (χ3v) is 10.7. The molecule has 0 saturated carbocycles. The molecule has 0 aliphatic carbocycles. The van der Waals surface area contributed by atoms with Gasteiger partial charge in [0.15, 0.2) is 39.7 Å². The van der Waals surface area contributed by atoms with Crippen molar-refractivity contribution in [2.24, 2.45) is 11.8 Å². The van der Waals surface area contributed by atoms with Crippen molar-refractivity contribution in [3.05, 3.63) is 22.9 Å². The van der Waals surface area contributed by atoms with Gasteiger partial charge in [-0.05, 0) is 60.2 Å². The van der Waals surface area contributed by atoms with Crippen LogP contribution in [0.5, 0.6) is 11.5 Å². The number of amides is 1. The molecule has 6 rings (SSSR count). The van der Waals surface area contributed by atoms with Crippen molar-refractivity contribution in [2.75, 3.05) is 58.5 Å². The minimum absolute atomic E-state index is 0.138. The van der Waals surface area contributed by atoms with Crippen LogP contribution in [0.4, 0.5) is 19.0 Å². The third kappa shape index (κ3) is 9.95. The number of aryl methyl sites for hydroxylation is 1. The number of aromatic nitrogens is 4. The molecule has 15 nitrogen and oxygen atoms in total. The van der Waals surface area contributed by atoms with E-state index in [-0.39, 0.29) is 24.6 Å². The van der Waals surface area contributed by atoms with Gasteiger partial charge in [-0.1, -0.05) is 18.7 Å². The molecule has 284 valence electrons. The first-order valence-corrected chi connectivity index (χ1v) is 18.1. The first kappa shape index (κ1) is 39.3. The topological polar surface area (TPSA) is 184 Å². The average molecular weight is 819 g/mol. The maximum absolute atomic E-state index is 13.2. The maximum Gasteiger partial charge on any atom is 0.490 e. The Balaban J connectivity index is 0.000000679. The average Bonchev–Trinajstić information content (AvgIpc) is 3.71. The Morgan fingerprint density at radius 1 is 1.10 bits per heavy atom. The molecule has 0 unspecified atom stereocenters. The highest BCUT2D eigenvalue weighted by molar-refractivity contribution is 9.10. The van der Waals surface area contributed by atoms with Crippen LogP contribution in [-0.4, -0.2) is 117 Å². The summed E-state index contributed by atoms with van der Waals surface area (Å²) in [7, 11) is 0. The molecule has 1 amide bonds. The fourth-order valence-corrected chi connectivity index (χ4v) is 7.39. The monoisotopic (exact) mass is 817 g/mol. The van der Waals surface area contributed by atoms with E-state index in [0.29, 0.717) is 73.8 Å². The van der Waals surface area contributed by atoms with Crippen molar-refractivity contribution in [2.45, 2.75) is 62.0 Å². The Morgan fingerprint density at radius 2 is 1.75 bits per heavy atom. The van der Waals surface area contributed by atoms with Gasteiger partial charge in [0.25, 0.3) is 5.91 Å². The molecule has 2 saturated heterocycles. The number of esters is 1. The first-order valence-electron chi connectivity index (χ1n) is 16.5. The number of likely N-dealkylation sites (tertiary alicyclic amines) is 1. The van der Waals surface area contributed by atoms with Crippen LogP contribution >= 0.6 is 27.7 Å². The first-order chi connectivity index (χ1) is 24.7. The summed E-state index contributed by atoms with van der Waals surface area (Å²) in [6.07, 6.45) is -1.82. The lowest BCUT2D eigenvalue weighted by Crippen LogP contribution is -2.45. The predicted octanol–water partition coefficient (Wildman–Crippen LogP) is 4.21. The fraction of sp³-hybridized carbons (Fsp3) is 0.562. The zero-order valence-corrected chi connectivity index (χ0v) is 30.8. The van der Waals surface area contributed by atoms with Gasteiger partial charge in [-0.15, -0.1) is 0 Å². The second kappa shape index (κ2) is 17.3. The number of ether oxygens (including phenoxy) is 4. The van der Waals surface area contributed by atoms with Gasteiger partial charge in [-0.25, -0.2) is 19.7 Å². The molecule has 52 heavy (non-hydrogen) atoms. The SMILES string of the molecule is C[C@H](OC(=O)[C@@H](C)CN1CCOCC1)C(=O)N1CCC(CCn2c(Sc3cc4c(cc3Br)OCO4)nc3c(N)ncnc32)CC1.O=C(O)C(F)(F)F. The Bertz CT molecular complexity index is 1750. The van der Waals surface area contributed by atoms with E-state index in [9.17, 15) is 22.8 Å². The van der Waals surface area contributed by atoms with E-state index in [0.717, 1.165) is 46.9 Å². The van der Waals surface area contributed by atoms with E-state index in [2.05, 4.69) is 35.4 Å². The number of carboxylic acids is 1. The van der Waals surface area contributed by atoms with Crippen LogP contribution in [0.2, 0.25) is 0 Å². The second-order valence-electron chi connectivity index (χ2n) is 12.5. The molecule has 2 fully saturated rings. The molecule has 0 bridgehead atoms. The van der Waals surface area contributed by atoms with Crippen LogP contribution in [0.3, 0.4) is 0 Å². The lowest BCUT2D eigenvalue weighted by molar-refractivity contribution is -0.192. The van der Waals surface area contributed by atoms with Crippen molar-refractivity contribution >= 4 is 62.5 Å². The summed E-state index contributed by atoms with van der Waals surface area (Å²) in [5.74, 6) is -1.40. The van der Waals surface area contributed by atoms with Crippen molar-refractivity contribution < 1.29 is 51.6 Å². The Labute approximate surface area is 309 Å². The Morgan fingerprint density at radius 3 is 2.40 bits per heavy atom. The number of carboxylic acid groups (broad SMARTS) is 1. The van der Waals surface area contributed by atoms with Crippen LogP contribution in [0, 0.1) is 11.8 Å². The number of nitrogen functional groups attached to an aromatic ring is 1. The molecule has 0 spiro atoms. The summed E-state index contributed by atoms with van der Waals surface area (Å²) in [6, 6.07) is 3.83. The number of halogens is 4. The van der Waals surface area contributed by atoms with Crippen molar-refractivity contribution in [1.29, 1.82) is 0 Å². The largest absolute Gasteiger partial charge is 0.490 e. The number of benzene rings is 1. The highest BCUT2D eigenvalue weighted by Crippen LogP contribution is 2.43. The molecule has 5 heterocycles. The predicted molar refractivity (Wildman–Crippen MR) is 184 cm³/mol. The smallest absolute Gasteiger partial charge is 0.475 e. The van der Waals surface area contributed by atoms with Crippen molar-refractivity contribution in [3.8, 4) is 11.5 Å². The van der Waals surface area contributed by atoms with E-state index >= 15 is 0 Å². The van der Waals surface area contributed by atoms with E-state index in [1.807, 2.05) is 24.0 Å². The quantitative estimate of drug-likeness (QED) is 0.277. The summed E-state index contributed by atoms with van der Waals surface area (Å²) in [5.41, 5.74) is 7.43. The molecule has 2 aromatic heterocycles. The molecular formula is C32H39BrF3N7O8S. The van der Waals surface area contributed by atoms with Crippen LogP contribution in [0.15, 0.2) is 33.0 Å².